The van der Waals surface area contributed by atoms with E-state index in [4.69, 9.17) is 0 Å². The summed E-state index contributed by atoms with van der Waals surface area (Å²) in [4.78, 5) is 18.4. The maximum Gasteiger partial charge on any atom is 0.234 e. The van der Waals surface area contributed by atoms with Crippen LogP contribution in [0.3, 0.4) is 0 Å². The predicted molar refractivity (Wildman–Crippen MR) is 116 cm³/mol. The molecule has 1 aliphatic heterocycles. The van der Waals surface area contributed by atoms with E-state index in [0.717, 1.165) is 17.8 Å². The zero-order valence-electron chi connectivity index (χ0n) is 16.6. The largest absolute Gasteiger partial charge is 0.331 e. The van der Waals surface area contributed by atoms with Crippen LogP contribution in [0.2, 0.25) is 0 Å². The molecule has 0 aliphatic carbocycles. The first-order chi connectivity index (χ1) is 14.2. The standard InChI is InChI=1S/C22H25N5OS/c1-16-4-8-18(9-5-16)21-24-22(26-25-21)29-15-20(28)23-19-10-6-17(7-11-19)14-27-12-2-3-13-27/h4-11H,2-3,12-15H2,1H3,(H,23,28)(H,24,25,26)/p+1. The number of aromatic amines is 1. The molecule has 29 heavy (non-hydrogen) atoms. The number of quaternary nitrogens is 1. The Labute approximate surface area is 175 Å². The van der Waals surface area contributed by atoms with Gasteiger partial charge in [-0.05, 0) is 19.1 Å². The quantitative estimate of drug-likeness (QED) is 0.526. The first-order valence-corrected chi connectivity index (χ1v) is 11.0. The Morgan fingerprint density at radius 2 is 1.83 bits per heavy atom. The molecule has 1 saturated heterocycles. The van der Waals surface area contributed by atoms with Crippen LogP contribution < -0.4 is 10.2 Å². The summed E-state index contributed by atoms with van der Waals surface area (Å²) in [6.45, 7) is 5.65. The number of hydrogen-bond donors (Lipinski definition) is 3. The minimum absolute atomic E-state index is 0.0606. The van der Waals surface area contributed by atoms with Crippen LogP contribution in [-0.4, -0.2) is 39.9 Å². The van der Waals surface area contributed by atoms with E-state index in [1.807, 2.05) is 43.3 Å². The molecule has 3 N–H and O–H groups in total. The Hall–Kier alpha value is -2.64. The molecule has 0 bridgehead atoms. The number of H-pyrrole nitrogens is 1. The molecule has 4 rings (SSSR count). The van der Waals surface area contributed by atoms with Crippen molar-refractivity contribution in [3.05, 3.63) is 59.7 Å². The van der Waals surface area contributed by atoms with E-state index in [0.29, 0.717) is 11.0 Å². The van der Waals surface area contributed by atoms with Gasteiger partial charge in [-0.2, -0.15) is 0 Å². The number of amides is 1. The average Bonchev–Trinajstić information content (AvgIpc) is 3.41. The molecule has 3 aromatic rings. The Morgan fingerprint density at radius 3 is 2.55 bits per heavy atom. The van der Waals surface area contributed by atoms with Gasteiger partial charge in [-0.1, -0.05) is 53.7 Å². The number of rotatable bonds is 7. The summed E-state index contributed by atoms with van der Waals surface area (Å²) < 4.78 is 0. The van der Waals surface area contributed by atoms with Crippen LogP contribution >= 0.6 is 11.8 Å². The van der Waals surface area contributed by atoms with Crippen molar-refractivity contribution < 1.29 is 9.69 Å². The van der Waals surface area contributed by atoms with E-state index in [2.05, 4.69) is 32.6 Å². The molecule has 1 aliphatic rings. The first-order valence-electron chi connectivity index (χ1n) is 10.0. The fourth-order valence-electron chi connectivity index (χ4n) is 3.53. The lowest BCUT2D eigenvalue weighted by Crippen LogP contribution is -3.08. The molecule has 1 aromatic heterocycles. The third-order valence-corrected chi connectivity index (χ3v) is 5.97. The van der Waals surface area contributed by atoms with Crippen LogP contribution in [0.4, 0.5) is 5.69 Å². The normalized spacial score (nSPS) is 14.2. The Bertz CT molecular complexity index is 946. The van der Waals surface area contributed by atoms with Crippen LogP contribution in [0.1, 0.15) is 24.0 Å². The highest BCUT2D eigenvalue weighted by Gasteiger charge is 2.15. The van der Waals surface area contributed by atoms with Crippen molar-refractivity contribution in [2.24, 2.45) is 0 Å². The van der Waals surface area contributed by atoms with Gasteiger partial charge in [0, 0.05) is 29.7 Å². The van der Waals surface area contributed by atoms with Gasteiger partial charge in [-0.3, -0.25) is 9.89 Å². The fourth-order valence-corrected chi connectivity index (χ4v) is 4.12. The number of likely N-dealkylation sites (tertiary alicyclic amines) is 1. The molecule has 0 unspecified atom stereocenters. The summed E-state index contributed by atoms with van der Waals surface area (Å²) >= 11 is 1.32. The van der Waals surface area contributed by atoms with Crippen LogP contribution in [0.25, 0.3) is 11.4 Å². The van der Waals surface area contributed by atoms with Crippen LogP contribution in [-0.2, 0) is 11.3 Å². The van der Waals surface area contributed by atoms with Gasteiger partial charge in [0.2, 0.25) is 11.1 Å². The van der Waals surface area contributed by atoms with E-state index in [-0.39, 0.29) is 11.7 Å². The molecule has 7 heteroatoms. The smallest absolute Gasteiger partial charge is 0.234 e. The van der Waals surface area contributed by atoms with Crippen LogP contribution in [0, 0.1) is 6.92 Å². The number of aromatic nitrogens is 3. The number of nitrogens with one attached hydrogen (secondary N) is 3. The van der Waals surface area contributed by atoms with Crippen molar-refractivity contribution in [3.8, 4) is 11.4 Å². The number of thioether (sulfide) groups is 1. The number of carbonyl (C=O) groups is 1. The molecule has 0 spiro atoms. The van der Waals surface area contributed by atoms with E-state index in [9.17, 15) is 4.79 Å². The SMILES string of the molecule is Cc1ccc(-c2nc(SCC(=O)Nc3ccc(C[NH+]4CCCC4)cc3)n[nH]2)cc1. The second kappa shape index (κ2) is 9.24. The van der Waals surface area contributed by atoms with Gasteiger partial charge in [0.25, 0.3) is 0 Å². The monoisotopic (exact) mass is 408 g/mol. The van der Waals surface area contributed by atoms with Crippen molar-refractivity contribution in [1.29, 1.82) is 0 Å². The molecule has 6 nitrogen and oxygen atoms in total. The third kappa shape index (κ3) is 5.46. The number of nitrogens with zero attached hydrogens (tertiary/aromatic N) is 2. The number of benzene rings is 2. The molecule has 1 amide bonds. The maximum absolute atomic E-state index is 12.3. The minimum Gasteiger partial charge on any atom is -0.331 e. The van der Waals surface area contributed by atoms with Crippen molar-refractivity contribution in [2.45, 2.75) is 31.5 Å². The molecule has 2 heterocycles. The predicted octanol–water partition coefficient (Wildman–Crippen LogP) is 2.69. The van der Waals surface area contributed by atoms with Crippen molar-refractivity contribution in [1.82, 2.24) is 15.2 Å². The number of carbonyl (C=O) groups excluding carboxylic acids is 1. The van der Waals surface area contributed by atoms with Gasteiger partial charge in [0.15, 0.2) is 5.82 Å². The zero-order chi connectivity index (χ0) is 20.1. The van der Waals surface area contributed by atoms with Crippen molar-refractivity contribution in [3.63, 3.8) is 0 Å². The molecule has 2 aromatic carbocycles. The third-order valence-electron chi connectivity index (χ3n) is 5.12. The molecular weight excluding hydrogens is 382 g/mol. The lowest BCUT2D eigenvalue weighted by atomic mass is 10.1. The lowest BCUT2D eigenvalue weighted by molar-refractivity contribution is -0.901. The Balaban J connectivity index is 1.26. The maximum atomic E-state index is 12.3. The zero-order valence-corrected chi connectivity index (χ0v) is 17.4. The molecular formula is C22H26N5OS+. The van der Waals surface area contributed by atoms with Crippen LogP contribution in [0.5, 0.6) is 0 Å². The summed E-state index contributed by atoms with van der Waals surface area (Å²) in [7, 11) is 0. The van der Waals surface area contributed by atoms with E-state index in [1.54, 1.807) is 4.90 Å². The topological polar surface area (TPSA) is 75.1 Å². The summed E-state index contributed by atoms with van der Waals surface area (Å²) in [5, 5.41) is 10.6. The molecule has 150 valence electrons. The van der Waals surface area contributed by atoms with Gasteiger partial charge < -0.3 is 10.2 Å². The second-order valence-corrected chi connectivity index (χ2v) is 8.44. The number of aryl methyl sites for hydroxylation is 1. The number of anilines is 1. The first kappa shape index (κ1) is 19.7. The highest BCUT2D eigenvalue weighted by atomic mass is 32.2. The molecule has 1 fully saturated rings. The van der Waals surface area contributed by atoms with Gasteiger partial charge >= 0.3 is 0 Å². The summed E-state index contributed by atoms with van der Waals surface area (Å²) in [6, 6.07) is 16.3. The average molecular weight is 409 g/mol. The summed E-state index contributed by atoms with van der Waals surface area (Å²) in [5.74, 6) is 0.920. The number of hydrogen-bond acceptors (Lipinski definition) is 4. The highest BCUT2D eigenvalue weighted by Crippen LogP contribution is 2.20. The van der Waals surface area contributed by atoms with Gasteiger partial charge in [0.1, 0.15) is 6.54 Å². The van der Waals surface area contributed by atoms with Crippen LogP contribution in [0.15, 0.2) is 53.7 Å². The molecule has 0 radical (unpaired) electrons. The van der Waals surface area contributed by atoms with E-state index < -0.39 is 0 Å². The summed E-state index contributed by atoms with van der Waals surface area (Å²) in [6.07, 6.45) is 2.66. The Morgan fingerprint density at radius 1 is 1.10 bits per heavy atom. The van der Waals surface area contributed by atoms with E-state index in [1.165, 1.54) is 48.8 Å². The fraction of sp³-hybridized carbons (Fsp3) is 0.318. The van der Waals surface area contributed by atoms with E-state index >= 15 is 0 Å². The van der Waals surface area contributed by atoms with Gasteiger partial charge in [-0.15, -0.1) is 5.10 Å². The Kier molecular flexibility index (Phi) is 6.27. The minimum atomic E-state index is -0.0606. The molecule has 0 saturated carbocycles. The van der Waals surface area contributed by atoms with Gasteiger partial charge in [-0.25, -0.2) is 4.98 Å². The van der Waals surface area contributed by atoms with Gasteiger partial charge in [0.05, 0.1) is 18.8 Å². The highest BCUT2D eigenvalue weighted by molar-refractivity contribution is 7.99. The lowest BCUT2D eigenvalue weighted by Gasteiger charge is -2.12. The van der Waals surface area contributed by atoms with Crippen molar-refractivity contribution >= 4 is 23.4 Å². The van der Waals surface area contributed by atoms with Crippen molar-refractivity contribution in [2.75, 3.05) is 24.2 Å². The second-order valence-electron chi connectivity index (χ2n) is 7.50. The summed E-state index contributed by atoms with van der Waals surface area (Å²) in [5.41, 5.74) is 4.32. The molecule has 0 atom stereocenters.